The van der Waals surface area contributed by atoms with Gasteiger partial charge in [0.2, 0.25) is 0 Å². The Balaban J connectivity index is 1.01. The van der Waals surface area contributed by atoms with E-state index in [2.05, 4.69) is 20.8 Å². The van der Waals surface area contributed by atoms with E-state index in [-0.39, 0.29) is 33.4 Å². The van der Waals surface area contributed by atoms with E-state index < -0.39 is 5.97 Å². The highest BCUT2D eigenvalue weighted by Gasteiger charge is 2.66. The molecule has 7 rings (SSSR count). The molecule has 3 heterocycles. The largest absolute Gasteiger partial charge is 0.497 e. The minimum absolute atomic E-state index is 0.165. The summed E-state index contributed by atoms with van der Waals surface area (Å²) in [6.07, 6.45) is 42.2. The third-order valence-corrected chi connectivity index (χ3v) is 17.4. The molecule has 0 aromatic rings. The van der Waals surface area contributed by atoms with Crippen LogP contribution in [0.4, 0.5) is 0 Å². The summed E-state index contributed by atoms with van der Waals surface area (Å²) in [5.74, 6) is 0.342. The van der Waals surface area contributed by atoms with Crippen LogP contribution in [0.3, 0.4) is 0 Å². The van der Waals surface area contributed by atoms with Crippen molar-refractivity contribution >= 4 is 5.97 Å². The van der Waals surface area contributed by atoms with Crippen LogP contribution in [0.15, 0.2) is 11.3 Å². The van der Waals surface area contributed by atoms with Gasteiger partial charge in [0.25, 0.3) is 0 Å². The average molecular weight is 899 g/mol. The van der Waals surface area contributed by atoms with Crippen molar-refractivity contribution in [3.8, 4) is 0 Å². The van der Waals surface area contributed by atoms with E-state index in [1.165, 1.54) is 167 Å². The molecule has 4 aliphatic carbocycles. The molecule has 0 radical (unpaired) electrons. The molecule has 8 heteroatoms. The van der Waals surface area contributed by atoms with Crippen LogP contribution in [0.5, 0.6) is 0 Å². The third-order valence-electron chi connectivity index (χ3n) is 17.4. The van der Waals surface area contributed by atoms with Gasteiger partial charge in [0.15, 0.2) is 0 Å². The highest BCUT2D eigenvalue weighted by Crippen LogP contribution is 2.68. The molecule has 1 N–H and O–H groups in total. The SMILES string of the molecule is CCCCC1(CCCCCCCOC(=C(C)C(=O)O)C23CC4CC(OCCCCCCCC5(CCCC)CCO5)(CC(OCCCCCCCC5(CCCC)CCO5)(C4)C2)C3)CCO1. The lowest BCUT2D eigenvalue weighted by atomic mass is 9.45. The Hall–Kier alpha value is -1.19. The predicted molar refractivity (Wildman–Crippen MR) is 259 cm³/mol. The fourth-order valence-electron chi connectivity index (χ4n) is 13.8. The van der Waals surface area contributed by atoms with E-state index in [1.807, 2.05) is 0 Å². The minimum atomic E-state index is -0.855. The fraction of sp³-hybridized carbons (Fsp3) is 0.946. The lowest BCUT2D eigenvalue weighted by Gasteiger charge is -2.66. The number of carboxylic acid groups (broad SMARTS) is 1. The third kappa shape index (κ3) is 14.4. The van der Waals surface area contributed by atoms with Crippen LogP contribution in [0, 0.1) is 11.3 Å². The molecule has 5 atom stereocenters. The van der Waals surface area contributed by atoms with E-state index in [1.54, 1.807) is 6.92 Å². The van der Waals surface area contributed by atoms with E-state index >= 15 is 0 Å². The summed E-state index contributed by atoms with van der Waals surface area (Å²) in [6, 6.07) is 0. The smallest absolute Gasteiger partial charge is 0.334 e. The second kappa shape index (κ2) is 25.4. The Bertz CT molecular complexity index is 1340. The van der Waals surface area contributed by atoms with Crippen molar-refractivity contribution in [1.82, 2.24) is 0 Å². The minimum Gasteiger partial charge on any atom is -0.497 e. The summed E-state index contributed by atoms with van der Waals surface area (Å²) in [5, 5.41) is 10.5. The number of ether oxygens (including phenoxy) is 6. The Labute approximate surface area is 392 Å². The van der Waals surface area contributed by atoms with E-state index in [0.29, 0.717) is 18.1 Å². The molecule has 8 nitrogen and oxygen atoms in total. The molecule has 0 aromatic carbocycles. The molecular formula is C56H98O8. The van der Waals surface area contributed by atoms with E-state index in [9.17, 15) is 9.90 Å². The van der Waals surface area contributed by atoms with E-state index in [0.717, 1.165) is 103 Å². The molecule has 7 aliphatic rings. The summed E-state index contributed by atoms with van der Waals surface area (Å²) in [7, 11) is 0. The first-order valence-electron chi connectivity index (χ1n) is 27.8. The van der Waals surface area contributed by atoms with Crippen LogP contribution in [-0.4, -0.2) is 78.7 Å². The summed E-state index contributed by atoms with van der Waals surface area (Å²) in [6.45, 7) is 13.6. The average Bonchev–Trinajstić information content (AvgIpc) is 3.22. The fourth-order valence-corrected chi connectivity index (χ4v) is 13.8. The van der Waals surface area contributed by atoms with Crippen molar-refractivity contribution in [2.45, 2.75) is 287 Å². The molecule has 4 bridgehead atoms. The maximum absolute atomic E-state index is 12.8. The van der Waals surface area contributed by atoms with Crippen molar-refractivity contribution in [1.29, 1.82) is 0 Å². The van der Waals surface area contributed by atoms with Gasteiger partial charge in [-0.1, -0.05) is 136 Å². The first-order valence-corrected chi connectivity index (χ1v) is 27.8. The topological polar surface area (TPSA) is 92.7 Å². The van der Waals surface area contributed by atoms with E-state index in [4.69, 9.17) is 28.4 Å². The molecule has 370 valence electrons. The van der Waals surface area contributed by atoms with Gasteiger partial charge in [-0.05, 0) is 122 Å². The zero-order valence-corrected chi connectivity index (χ0v) is 42.1. The van der Waals surface area contributed by atoms with Crippen LogP contribution in [0.1, 0.15) is 259 Å². The maximum atomic E-state index is 12.8. The van der Waals surface area contributed by atoms with Gasteiger partial charge >= 0.3 is 5.97 Å². The summed E-state index contributed by atoms with van der Waals surface area (Å²) >= 11 is 0. The van der Waals surface area contributed by atoms with Crippen molar-refractivity contribution in [2.75, 3.05) is 39.6 Å². The highest BCUT2D eigenvalue weighted by molar-refractivity contribution is 5.86. The predicted octanol–water partition coefficient (Wildman–Crippen LogP) is 14.9. The molecule has 3 aliphatic heterocycles. The zero-order valence-electron chi connectivity index (χ0n) is 42.1. The molecular weight excluding hydrogens is 801 g/mol. The number of rotatable bonds is 38. The van der Waals surface area contributed by atoms with Gasteiger partial charge in [-0.15, -0.1) is 0 Å². The summed E-state index contributed by atoms with van der Waals surface area (Å²) in [5.41, 5.74) is 0.00745. The van der Waals surface area contributed by atoms with Crippen LogP contribution in [-0.2, 0) is 33.2 Å². The second-order valence-electron chi connectivity index (χ2n) is 22.7. The summed E-state index contributed by atoms with van der Waals surface area (Å²) < 4.78 is 39.4. The molecule has 0 amide bonds. The Morgan fingerprint density at radius 3 is 1.22 bits per heavy atom. The van der Waals surface area contributed by atoms with Gasteiger partial charge in [0, 0.05) is 25.0 Å². The normalized spacial score (nSPS) is 33.1. The Kier molecular flexibility index (Phi) is 20.7. The number of aliphatic carboxylic acids is 1. The number of carboxylic acids is 1. The van der Waals surface area contributed by atoms with Crippen LogP contribution in [0.25, 0.3) is 0 Å². The van der Waals surface area contributed by atoms with Gasteiger partial charge in [-0.2, -0.15) is 0 Å². The van der Waals surface area contributed by atoms with Crippen molar-refractivity contribution in [3.05, 3.63) is 11.3 Å². The number of allylic oxidation sites excluding steroid dienone is 1. The first-order chi connectivity index (χ1) is 31.1. The van der Waals surface area contributed by atoms with Crippen LogP contribution >= 0.6 is 0 Å². The van der Waals surface area contributed by atoms with Crippen LogP contribution in [0.2, 0.25) is 0 Å². The second-order valence-corrected chi connectivity index (χ2v) is 22.7. The summed E-state index contributed by atoms with van der Waals surface area (Å²) in [4.78, 5) is 12.8. The van der Waals surface area contributed by atoms with Crippen molar-refractivity contribution < 1.29 is 38.3 Å². The molecule has 64 heavy (non-hydrogen) atoms. The van der Waals surface area contributed by atoms with Gasteiger partial charge in [0.1, 0.15) is 5.76 Å². The zero-order chi connectivity index (χ0) is 45.3. The lowest BCUT2D eigenvalue weighted by Crippen LogP contribution is -2.65. The maximum Gasteiger partial charge on any atom is 0.334 e. The van der Waals surface area contributed by atoms with Gasteiger partial charge in [-0.25, -0.2) is 4.79 Å². The van der Waals surface area contributed by atoms with Gasteiger partial charge in [-0.3, -0.25) is 0 Å². The molecule has 0 spiro atoms. The molecule has 5 unspecified atom stereocenters. The standard InChI is InChI=1S/C56H98O8/c1-5-8-26-52(32-38-62-52)29-20-14-11-17-23-35-59-49(47(4)50(57)58)51-41-48-42-55(44-51,60-36-24-18-12-15-21-30-53(27-9-6-2)33-39-63-53)46-56(43-48,45-51)61-37-25-19-13-16-22-31-54(28-10-7-3)34-40-64-54/h48H,5-46H2,1-4H3,(H,57,58). The number of hydrogen-bond acceptors (Lipinski definition) is 7. The van der Waals surface area contributed by atoms with Crippen molar-refractivity contribution in [3.63, 3.8) is 0 Å². The van der Waals surface area contributed by atoms with Gasteiger partial charge < -0.3 is 33.5 Å². The number of carbonyl (C=O) groups is 1. The quantitative estimate of drug-likeness (QED) is 0.0372. The molecule has 4 saturated carbocycles. The van der Waals surface area contributed by atoms with Crippen molar-refractivity contribution in [2.24, 2.45) is 11.3 Å². The lowest BCUT2D eigenvalue weighted by molar-refractivity contribution is -0.261. The molecule has 7 fully saturated rings. The molecule has 0 aromatic heterocycles. The first kappa shape index (κ1) is 52.2. The Morgan fingerprint density at radius 2 is 0.859 bits per heavy atom. The monoisotopic (exact) mass is 899 g/mol. The van der Waals surface area contributed by atoms with Crippen LogP contribution < -0.4 is 0 Å². The number of unbranched alkanes of at least 4 members (excludes halogenated alkanes) is 15. The van der Waals surface area contributed by atoms with Gasteiger partial charge in [0.05, 0.1) is 60.0 Å². The highest BCUT2D eigenvalue weighted by atomic mass is 16.5. The molecule has 3 saturated heterocycles. The number of hydrogen-bond donors (Lipinski definition) is 1. The Morgan fingerprint density at radius 1 is 0.500 bits per heavy atom.